The van der Waals surface area contributed by atoms with Crippen molar-refractivity contribution in [1.29, 1.82) is 0 Å². The first-order chi connectivity index (χ1) is 4.74. The molecule has 0 aliphatic heterocycles. The summed E-state index contributed by atoms with van der Waals surface area (Å²) in [7, 11) is 0. The summed E-state index contributed by atoms with van der Waals surface area (Å²) in [5.41, 5.74) is 0. The van der Waals surface area contributed by atoms with Gasteiger partial charge in [-0.15, -0.1) is 0 Å². The van der Waals surface area contributed by atoms with Crippen LogP contribution in [-0.4, -0.2) is 46.9 Å². The van der Waals surface area contributed by atoms with Crippen LogP contribution in [0.2, 0.25) is 0 Å². The Morgan fingerprint density at radius 3 is 0.800 bits per heavy atom. The molecule has 0 aromatic heterocycles. The maximum atomic E-state index is 7.62. The van der Waals surface area contributed by atoms with Crippen molar-refractivity contribution in [1.82, 2.24) is 0 Å². The predicted octanol–water partition coefficient (Wildman–Crippen LogP) is -1.03. The topological polar surface area (TPSA) is 80.9 Å². The molecule has 10 heavy (non-hydrogen) atoms. The summed E-state index contributed by atoms with van der Waals surface area (Å²) in [4.78, 5) is 0. The highest BCUT2D eigenvalue weighted by Crippen LogP contribution is 1.39. The van der Waals surface area contributed by atoms with Gasteiger partial charge in [0.15, 0.2) is 0 Å². The summed E-state index contributed by atoms with van der Waals surface area (Å²) in [5.74, 6) is 0. The number of hydrogen-bond donors (Lipinski definition) is 4. The van der Waals surface area contributed by atoms with E-state index in [1.54, 1.807) is 13.8 Å². The minimum Gasteiger partial charge on any atom is -0.397 e. The molecule has 0 rings (SSSR count). The van der Waals surface area contributed by atoms with Gasteiger partial charge in [0.25, 0.3) is 0 Å². The molecule has 0 saturated heterocycles. The molecule has 66 valence electrons. The molecule has 0 atom stereocenters. The summed E-state index contributed by atoms with van der Waals surface area (Å²) in [5, 5.41) is 30.4. The largest absolute Gasteiger partial charge is 0.397 e. The lowest BCUT2D eigenvalue weighted by Crippen LogP contribution is -1.85. The number of aliphatic hydroxyl groups is 4. The van der Waals surface area contributed by atoms with Crippen LogP contribution in [0.15, 0.2) is 0 Å². The van der Waals surface area contributed by atoms with Gasteiger partial charge in [-0.05, 0) is 13.8 Å². The summed E-state index contributed by atoms with van der Waals surface area (Å²) in [6.45, 7) is 3.61. The zero-order valence-electron chi connectivity index (χ0n) is 6.62. The highest BCUT2D eigenvalue weighted by Gasteiger charge is 1.58. The molecule has 0 bridgehead atoms. The lowest BCUT2D eigenvalue weighted by atomic mass is 10.8. The van der Waals surface area contributed by atoms with E-state index < -0.39 is 0 Å². The molecule has 0 aromatic rings. The van der Waals surface area contributed by atoms with Crippen LogP contribution in [0.1, 0.15) is 13.8 Å². The Kier molecular flexibility index (Phi) is 60.6. The molecule has 0 aromatic carbocycles. The van der Waals surface area contributed by atoms with Crippen molar-refractivity contribution in [2.24, 2.45) is 0 Å². The molecule has 0 radical (unpaired) electrons. The van der Waals surface area contributed by atoms with Crippen LogP contribution >= 0.6 is 0 Å². The van der Waals surface area contributed by atoms with Gasteiger partial charge in [-0.3, -0.25) is 0 Å². The Morgan fingerprint density at radius 1 is 0.700 bits per heavy atom. The highest BCUT2D eigenvalue weighted by molar-refractivity contribution is 4.06. The summed E-state index contributed by atoms with van der Waals surface area (Å²) >= 11 is 0. The summed E-state index contributed by atoms with van der Waals surface area (Å²) in [6, 6.07) is 0. The molecule has 0 saturated carbocycles. The van der Waals surface area contributed by atoms with E-state index in [1.807, 2.05) is 0 Å². The number of aliphatic hydroxyl groups excluding tert-OH is 4. The summed E-state index contributed by atoms with van der Waals surface area (Å²) in [6.07, 6.45) is 0. The minimum atomic E-state index is -0.125. The van der Waals surface area contributed by atoms with Gasteiger partial charge in [0.1, 0.15) is 0 Å². The van der Waals surface area contributed by atoms with Gasteiger partial charge in [0.05, 0.1) is 13.2 Å². The molecule has 0 heterocycles. The molecule has 0 amide bonds. The third-order valence-electron chi connectivity index (χ3n) is 0.1000. The fourth-order valence-electron chi connectivity index (χ4n) is 0. The van der Waals surface area contributed by atoms with E-state index >= 15 is 0 Å². The van der Waals surface area contributed by atoms with E-state index in [2.05, 4.69) is 0 Å². The molecule has 0 aliphatic rings. The number of hydrogen-bond acceptors (Lipinski definition) is 4. The van der Waals surface area contributed by atoms with Gasteiger partial charge >= 0.3 is 0 Å². The SMILES string of the molecule is CCO.CCO.OCCO. The van der Waals surface area contributed by atoms with Crippen LogP contribution < -0.4 is 0 Å². The second-order valence-corrected chi connectivity index (χ2v) is 1.08. The monoisotopic (exact) mass is 154 g/mol. The zero-order chi connectivity index (χ0) is 8.83. The fraction of sp³-hybridized carbons (Fsp3) is 1.00. The lowest BCUT2D eigenvalue weighted by molar-refractivity contribution is 0.186. The molecule has 0 unspecified atom stereocenters. The van der Waals surface area contributed by atoms with Crippen LogP contribution in [0.4, 0.5) is 0 Å². The van der Waals surface area contributed by atoms with Gasteiger partial charge < -0.3 is 20.4 Å². The third kappa shape index (κ3) is 520. The van der Waals surface area contributed by atoms with Crippen LogP contribution in [0, 0.1) is 0 Å². The first-order valence-corrected chi connectivity index (χ1v) is 3.18. The van der Waals surface area contributed by atoms with Gasteiger partial charge in [0.2, 0.25) is 0 Å². The number of rotatable bonds is 1. The van der Waals surface area contributed by atoms with E-state index in [0.29, 0.717) is 0 Å². The second kappa shape index (κ2) is 36.8. The van der Waals surface area contributed by atoms with Gasteiger partial charge in [0, 0.05) is 13.2 Å². The standard InChI is InChI=1S/C2H6O2.2C2H6O/c3-1-2-4;2*1-2-3/h3-4H,1-2H2;2*3H,2H2,1H3. The first-order valence-electron chi connectivity index (χ1n) is 3.18. The fourth-order valence-corrected chi connectivity index (χ4v) is 0. The lowest BCUT2D eigenvalue weighted by Gasteiger charge is -1.70. The molecular formula is C6H18O4. The minimum absolute atomic E-state index is 0.125. The quantitative estimate of drug-likeness (QED) is 0.389. The van der Waals surface area contributed by atoms with Crippen LogP contribution in [-0.2, 0) is 0 Å². The summed E-state index contributed by atoms with van der Waals surface area (Å²) < 4.78 is 0. The van der Waals surface area contributed by atoms with Crippen molar-refractivity contribution < 1.29 is 20.4 Å². The third-order valence-corrected chi connectivity index (χ3v) is 0.1000. The molecule has 4 nitrogen and oxygen atoms in total. The van der Waals surface area contributed by atoms with Gasteiger partial charge in [-0.2, -0.15) is 0 Å². The zero-order valence-corrected chi connectivity index (χ0v) is 6.62. The molecule has 0 spiro atoms. The molecular weight excluding hydrogens is 136 g/mol. The Bertz CT molecular complexity index is 21.7. The molecule has 4 N–H and O–H groups in total. The highest BCUT2D eigenvalue weighted by atomic mass is 16.3. The van der Waals surface area contributed by atoms with Crippen molar-refractivity contribution in [3.05, 3.63) is 0 Å². The average Bonchev–Trinajstić information content (AvgIpc) is 1.91. The van der Waals surface area contributed by atoms with Crippen molar-refractivity contribution in [3.63, 3.8) is 0 Å². The maximum absolute atomic E-state index is 7.62. The first kappa shape index (κ1) is 16.4. The Labute approximate surface area is 61.8 Å². The molecule has 0 aliphatic carbocycles. The van der Waals surface area contributed by atoms with Crippen molar-refractivity contribution in [2.45, 2.75) is 13.8 Å². The van der Waals surface area contributed by atoms with Crippen LogP contribution in [0.25, 0.3) is 0 Å². The van der Waals surface area contributed by atoms with E-state index in [4.69, 9.17) is 20.4 Å². The van der Waals surface area contributed by atoms with Gasteiger partial charge in [-0.1, -0.05) is 0 Å². The predicted molar refractivity (Wildman–Crippen MR) is 39.7 cm³/mol. The normalized spacial score (nSPS) is 6.60. The van der Waals surface area contributed by atoms with Crippen LogP contribution in [0.5, 0.6) is 0 Å². The smallest absolute Gasteiger partial charge is 0.0662 e. The van der Waals surface area contributed by atoms with Crippen molar-refractivity contribution >= 4 is 0 Å². The Morgan fingerprint density at radius 2 is 0.800 bits per heavy atom. The van der Waals surface area contributed by atoms with E-state index in [9.17, 15) is 0 Å². The van der Waals surface area contributed by atoms with Crippen molar-refractivity contribution in [2.75, 3.05) is 26.4 Å². The van der Waals surface area contributed by atoms with E-state index in [1.165, 1.54) is 0 Å². The average molecular weight is 154 g/mol. The van der Waals surface area contributed by atoms with E-state index in [-0.39, 0.29) is 26.4 Å². The maximum Gasteiger partial charge on any atom is 0.0662 e. The van der Waals surface area contributed by atoms with Crippen molar-refractivity contribution in [3.8, 4) is 0 Å². The Balaban J connectivity index is -0.0000000750. The molecule has 4 heteroatoms. The second-order valence-electron chi connectivity index (χ2n) is 1.08. The van der Waals surface area contributed by atoms with Gasteiger partial charge in [-0.25, -0.2) is 0 Å². The molecule has 0 fully saturated rings. The van der Waals surface area contributed by atoms with Crippen LogP contribution in [0.3, 0.4) is 0 Å². The Hall–Kier alpha value is -0.160. The van der Waals surface area contributed by atoms with E-state index in [0.717, 1.165) is 0 Å².